The van der Waals surface area contributed by atoms with Crippen molar-refractivity contribution in [3.63, 3.8) is 0 Å². The summed E-state index contributed by atoms with van der Waals surface area (Å²) >= 11 is 1.25. The van der Waals surface area contributed by atoms with Crippen LogP contribution in [0.25, 0.3) is 0 Å². The summed E-state index contributed by atoms with van der Waals surface area (Å²) in [4.78, 5) is 28.5. The van der Waals surface area contributed by atoms with Crippen LogP contribution in [0.3, 0.4) is 0 Å². The Morgan fingerprint density at radius 2 is 1.97 bits per heavy atom. The number of nitrogens with one attached hydrogen (secondary N) is 2. The number of nitrogens with zero attached hydrogens (tertiary/aromatic N) is 4. The molecule has 0 aliphatic heterocycles. The van der Waals surface area contributed by atoms with Gasteiger partial charge in [0, 0.05) is 13.2 Å². The predicted octanol–water partition coefficient (Wildman–Crippen LogP) is 3.07. The zero-order valence-corrected chi connectivity index (χ0v) is 20.0. The molecule has 2 aromatic heterocycles. The number of aromatic nitrogens is 4. The molecule has 0 aliphatic carbocycles. The topological polar surface area (TPSA) is 111 Å². The minimum absolute atomic E-state index is 0.0870. The SMILES string of the molecule is Cc1ccc(C(C)C)c(OCC(=O)NCc2nnc(SCC(=O)Nc3ccccn3)n2C)c1. The van der Waals surface area contributed by atoms with E-state index in [0.29, 0.717) is 22.7 Å². The normalized spacial score (nSPS) is 10.8. The standard InChI is InChI=1S/C23H28N6O3S/c1-15(2)17-9-8-16(3)11-18(17)32-13-21(30)25-12-20-27-28-23(29(20)4)33-14-22(31)26-19-7-5-6-10-24-19/h5-11,15H,12-14H2,1-4H3,(H,25,30)(H,24,26,31). The number of aryl methyl sites for hydroxylation is 1. The third-order valence-corrected chi connectivity index (χ3v) is 5.80. The van der Waals surface area contributed by atoms with Gasteiger partial charge >= 0.3 is 0 Å². The van der Waals surface area contributed by atoms with Gasteiger partial charge in [0.1, 0.15) is 11.6 Å². The van der Waals surface area contributed by atoms with Crippen LogP contribution in [-0.2, 0) is 23.2 Å². The first-order valence-electron chi connectivity index (χ1n) is 10.6. The van der Waals surface area contributed by atoms with Crippen LogP contribution in [0.2, 0.25) is 0 Å². The van der Waals surface area contributed by atoms with E-state index in [1.807, 2.05) is 25.1 Å². The van der Waals surface area contributed by atoms with Crippen LogP contribution in [0.4, 0.5) is 5.82 Å². The summed E-state index contributed by atoms with van der Waals surface area (Å²) in [7, 11) is 1.79. The van der Waals surface area contributed by atoms with Crippen LogP contribution in [0, 0.1) is 6.92 Å². The monoisotopic (exact) mass is 468 g/mol. The molecule has 2 N–H and O–H groups in total. The van der Waals surface area contributed by atoms with Gasteiger partial charge in [-0.05, 0) is 42.2 Å². The van der Waals surface area contributed by atoms with Gasteiger partial charge in [-0.15, -0.1) is 10.2 Å². The van der Waals surface area contributed by atoms with Crippen molar-refractivity contribution in [2.24, 2.45) is 7.05 Å². The van der Waals surface area contributed by atoms with Gasteiger partial charge in [0.15, 0.2) is 17.6 Å². The van der Waals surface area contributed by atoms with E-state index in [1.165, 1.54) is 11.8 Å². The van der Waals surface area contributed by atoms with Crippen molar-refractivity contribution in [1.29, 1.82) is 0 Å². The smallest absolute Gasteiger partial charge is 0.258 e. The number of hydrogen-bond donors (Lipinski definition) is 2. The molecular formula is C23H28N6O3S. The molecule has 0 atom stereocenters. The molecule has 0 radical (unpaired) electrons. The molecule has 0 fully saturated rings. The molecule has 2 amide bonds. The Labute approximate surface area is 197 Å². The predicted molar refractivity (Wildman–Crippen MR) is 127 cm³/mol. The fourth-order valence-corrected chi connectivity index (χ4v) is 3.72. The first kappa shape index (κ1) is 24.2. The number of benzene rings is 1. The summed E-state index contributed by atoms with van der Waals surface area (Å²) in [6.07, 6.45) is 1.61. The Hall–Kier alpha value is -3.40. The number of pyridine rings is 1. The lowest BCUT2D eigenvalue weighted by molar-refractivity contribution is -0.123. The van der Waals surface area contributed by atoms with Crippen LogP contribution < -0.4 is 15.4 Å². The molecule has 2 heterocycles. The second kappa shape index (κ2) is 11.5. The zero-order chi connectivity index (χ0) is 23.8. The fraction of sp³-hybridized carbons (Fsp3) is 0.348. The maximum atomic E-state index is 12.3. The number of anilines is 1. The third kappa shape index (κ3) is 7.04. The molecule has 0 spiro atoms. The fourth-order valence-electron chi connectivity index (χ4n) is 2.99. The van der Waals surface area contributed by atoms with Gasteiger partial charge in [-0.25, -0.2) is 4.98 Å². The van der Waals surface area contributed by atoms with Crippen LogP contribution >= 0.6 is 11.8 Å². The zero-order valence-electron chi connectivity index (χ0n) is 19.2. The molecule has 0 bridgehead atoms. The van der Waals surface area contributed by atoms with Crippen molar-refractivity contribution in [2.75, 3.05) is 17.7 Å². The highest BCUT2D eigenvalue weighted by atomic mass is 32.2. The minimum atomic E-state index is -0.252. The lowest BCUT2D eigenvalue weighted by Gasteiger charge is -2.14. The summed E-state index contributed by atoms with van der Waals surface area (Å²) in [5.41, 5.74) is 2.14. The quantitative estimate of drug-likeness (QED) is 0.440. The van der Waals surface area contributed by atoms with Crippen molar-refractivity contribution >= 4 is 29.4 Å². The first-order chi connectivity index (χ1) is 15.8. The molecule has 33 heavy (non-hydrogen) atoms. The van der Waals surface area contributed by atoms with E-state index in [9.17, 15) is 9.59 Å². The van der Waals surface area contributed by atoms with E-state index < -0.39 is 0 Å². The van der Waals surface area contributed by atoms with Crippen LogP contribution in [0.15, 0.2) is 47.8 Å². The van der Waals surface area contributed by atoms with Crippen molar-refractivity contribution in [2.45, 2.75) is 38.4 Å². The second-order valence-electron chi connectivity index (χ2n) is 7.77. The van der Waals surface area contributed by atoms with Crippen molar-refractivity contribution in [1.82, 2.24) is 25.1 Å². The summed E-state index contributed by atoms with van der Waals surface area (Å²) < 4.78 is 7.52. The minimum Gasteiger partial charge on any atom is -0.483 e. The Kier molecular flexibility index (Phi) is 8.42. The summed E-state index contributed by atoms with van der Waals surface area (Å²) in [5, 5.41) is 14.3. The second-order valence-corrected chi connectivity index (χ2v) is 8.71. The lowest BCUT2D eigenvalue weighted by Crippen LogP contribution is -2.29. The Morgan fingerprint density at radius 3 is 2.70 bits per heavy atom. The number of hydrogen-bond acceptors (Lipinski definition) is 7. The van der Waals surface area contributed by atoms with Gasteiger partial charge < -0.3 is 19.9 Å². The summed E-state index contributed by atoms with van der Waals surface area (Å²) in [6, 6.07) is 11.3. The van der Waals surface area contributed by atoms with Gasteiger partial charge in [-0.1, -0.05) is 43.8 Å². The Bertz CT molecular complexity index is 1100. The maximum Gasteiger partial charge on any atom is 0.258 e. The van der Waals surface area contributed by atoms with E-state index in [0.717, 1.165) is 16.9 Å². The molecule has 9 nitrogen and oxygen atoms in total. The van der Waals surface area contributed by atoms with Gasteiger partial charge in [0.2, 0.25) is 5.91 Å². The highest BCUT2D eigenvalue weighted by Crippen LogP contribution is 2.27. The van der Waals surface area contributed by atoms with Crippen LogP contribution in [0.5, 0.6) is 5.75 Å². The van der Waals surface area contributed by atoms with E-state index in [-0.39, 0.29) is 30.7 Å². The highest BCUT2D eigenvalue weighted by molar-refractivity contribution is 7.99. The number of carbonyl (C=O) groups is 2. The summed E-state index contributed by atoms with van der Waals surface area (Å²) in [5.74, 6) is 1.82. The number of amides is 2. The number of rotatable bonds is 10. The van der Waals surface area contributed by atoms with Gasteiger partial charge in [-0.3, -0.25) is 9.59 Å². The number of ether oxygens (including phenoxy) is 1. The maximum absolute atomic E-state index is 12.3. The van der Waals surface area contributed by atoms with E-state index >= 15 is 0 Å². The summed E-state index contributed by atoms with van der Waals surface area (Å²) in [6.45, 7) is 6.28. The van der Waals surface area contributed by atoms with Crippen molar-refractivity contribution in [3.05, 3.63) is 59.5 Å². The van der Waals surface area contributed by atoms with Gasteiger partial charge in [-0.2, -0.15) is 0 Å². The molecule has 3 aromatic rings. The van der Waals surface area contributed by atoms with Gasteiger partial charge in [0.25, 0.3) is 5.91 Å². The molecule has 174 valence electrons. The largest absolute Gasteiger partial charge is 0.483 e. The van der Waals surface area contributed by atoms with Crippen LogP contribution in [-0.4, -0.2) is 43.9 Å². The third-order valence-electron chi connectivity index (χ3n) is 4.78. The average molecular weight is 469 g/mol. The Morgan fingerprint density at radius 1 is 1.15 bits per heavy atom. The van der Waals surface area contributed by atoms with Crippen LogP contribution in [0.1, 0.15) is 36.7 Å². The Balaban J connectivity index is 1.47. The van der Waals surface area contributed by atoms with Gasteiger partial charge in [0.05, 0.1) is 12.3 Å². The van der Waals surface area contributed by atoms with E-state index in [2.05, 4.69) is 39.7 Å². The lowest BCUT2D eigenvalue weighted by atomic mass is 10.0. The molecule has 0 saturated heterocycles. The molecule has 1 aromatic carbocycles. The molecule has 0 saturated carbocycles. The molecule has 3 rings (SSSR count). The van der Waals surface area contributed by atoms with Crippen molar-refractivity contribution in [3.8, 4) is 5.75 Å². The average Bonchev–Trinajstić information content (AvgIpc) is 3.14. The molecule has 0 aliphatic rings. The van der Waals surface area contributed by atoms with Crippen molar-refractivity contribution < 1.29 is 14.3 Å². The first-order valence-corrected chi connectivity index (χ1v) is 11.5. The number of carbonyl (C=O) groups excluding carboxylic acids is 2. The van der Waals surface area contributed by atoms with E-state index in [4.69, 9.17) is 4.74 Å². The van der Waals surface area contributed by atoms with E-state index in [1.54, 1.807) is 36.0 Å². The molecular weight excluding hydrogens is 440 g/mol. The highest BCUT2D eigenvalue weighted by Gasteiger charge is 2.14. The molecule has 0 unspecified atom stereocenters. The molecule has 10 heteroatoms. The number of thioether (sulfide) groups is 1.